The first kappa shape index (κ1) is 21.6. The molecule has 0 saturated carbocycles. The van der Waals surface area contributed by atoms with E-state index < -0.39 is 15.7 Å². The van der Waals surface area contributed by atoms with Crippen LogP contribution in [-0.2, 0) is 14.6 Å². The van der Waals surface area contributed by atoms with Gasteiger partial charge in [0, 0.05) is 19.0 Å². The number of carbonyl (C=O) groups is 1. The van der Waals surface area contributed by atoms with Crippen molar-refractivity contribution in [3.8, 4) is 0 Å². The number of benzene rings is 1. The van der Waals surface area contributed by atoms with E-state index in [9.17, 15) is 13.2 Å². The number of hydrogen-bond donors (Lipinski definition) is 2. The molecule has 0 spiro atoms. The predicted octanol–water partition coefficient (Wildman–Crippen LogP) is 2.78. The van der Waals surface area contributed by atoms with Crippen molar-refractivity contribution in [3.63, 3.8) is 0 Å². The van der Waals surface area contributed by atoms with Crippen LogP contribution < -0.4 is 11.1 Å². The highest BCUT2D eigenvalue weighted by atomic mass is 32.2. The van der Waals surface area contributed by atoms with Gasteiger partial charge in [0.2, 0.25) is 5.91 Å². The molecule has 0 fully saturated rings. The van der Waals surface area contributed by atoms with Crippen LogP contribution in [0, 0.1) is 5.92 Å². The third kappa shape index (κ3) is 7.57. The van der Waals surface area contributed by atoms with Gasteiger partial charge >= 0.3 is 0 Å². The molecular formula is C19H32N2O3S. The van der Waals surface area contributed by atoms with Gasteiger partial charge in [0.1, 0.15) is 0 Å². The van der Waals surface area contributed by atoms with Crippen molar-refractivity contribution in [2.45, 2.75) is 52.5 Å². The fourth-order valence-electron chi connectivity index (χ4n) is 2.73. The standard InChI is InChI=1S/C19H32N2O3S/c1-5-15(4)16-6-8-17(9-7-16)19(14(2)3)21-11-13-25(23,24)12-10-18(20)22/h6-9,14-15,19,21H,5,10-13H2,1-4H3,(H2,20,22)/t15-,19-/m0/s1. The third-order valence-corrected chi connectivity index (χ3v) is 6.23. The molecule has 3 N–H and O–H groups in total. The van der Waals surface area contributed by atoms with Crippen LogP contribution in [-0.4, -0.2) is 32.4 Å². The highest BCUT2D eigenvalue weighted by molar-refractivity contribution is 7.91. The second-order valence-electron chi connectivity index (χ2n) is 7.02. The number of carbonyl (C=O) groups excluding carboxylic acids is 1. The van der Waals surface area contributed by atoms with Gasteiger partial charge in [-0.25, -0.2) is 8.42 Å². The van der Waals surface area contributed by atoms with Gasteiger partial charge in [-0.15, -0.1) is 0 Å². The van der Waals surface area contributed by atoms with Gasteiger partial charge in [-0.3, -0.25) is 4.79 Å². The maximum Gasteiger partial charge on any atom is 0.218 e. The maximum absolute atomic E-state index is 11.9. The van der Waals surface area contributed by atoms with Crippen LogP contribution in [0.25, 0.3) is 0 Å². The van der Waals surface area contributed by atoms with Gasteiger partial charge in [-0.05, 0) is 29.4 Å². The first-order valence-electron chi connectivity index (χ1n) is 8.98. The molecule has 6 heteroatoms. The molecule has 1 amide bonds. The average molecular weight is 369 g/mol. The van der Waals surface area contributed by atoms with Crippen LogP contribution in [0.15, 0.2) is 24.3 Å². The van der Waals surface area contributed by atoms with Crippen molar-refractivity contribution in [3.05, 3.63) is 35.4 Å². The number of rotatable bonds is 11. The molecule has 0 aliphatic heterocycles. The Kier molecular flexibility index (Phi) is 8.59. The molecule has 1 aromatic rings. The molecule has 1 rings (SSSR count). The topological polar surface area (TPSA) is 89.3 Å². The summed E-state index contributed by atoms with van der Waals surface area (Å²) in [5, 5.41) is 3.35. The molecule has 0 aromatic heterocycles. The second kappa shape index (κ2) is 9.92. The van der Waals surface area contributed by atoms with Crippen molar-refractivity contribution >= 4 is 15.7 Å². The summed E-state index contributed by atoms with van der Waals surface area (Å²) in [5.74, 6) is 0.115. The summed E-state index contributed by atoms with van der Waals surface area (Å²) in [7, 11) is -3.26. The van der Waals surface area contributed by atoms with Crippen molar-refractivity contribution in [2.24, 2.45) is 11.7 Å². The van der Waals surface area contributed by atoms with Gasteiger partial charge < -0.3 is 11.1 Å². The van der Waals surface area contributed by atoms with E-state index >= 15 is 0 Å². The average Bonchev–Trinajstić information content (AvgIpc) is 2.56. The van der Waals surface area contributed by atoms with Gasteiger partial charge in [0.25, 0.3) is 0 Å². The normalized spacial score (nSPS) is 14.4. The number of nitrogens with one attached hydrogen (secondary N) is 1. The van der Waals surface area contributed by atoms with Gasteiger partial charge in [-0.1, -0.05) is 52.0 Å². The number of sulfone groups is 1. The molecule has 0 aliphatic rings. The second-order valence-corrected chi connectivity index (χ2v) is 9.32. The van der Waals surface area contributed by atoms with Gasteiger partial charge in [0.05, 0.1) is 11.5 Å². The lowest BCUT2D eigenvalue weighted by Crippen LogP contribution is -2.31. The molecule has 0 radical (unpaired) electrons. The Labute approximate surface area is 152 Å². The smallest absolute Gasteiger partial charge is 0.218 e. The predicted molar refractivity (Wildman–Crippen MR) is 103 cm³/mol. The monoisotopic (exact) mass is 368 g/mol. The highest BCUT2D eigenvalue weighted by Gasteiger charge is 2.18. The summed E-state index contributed by atoms with van der Waals surface area (Å²) in [6.07, 6.45) is 0.987. The van der Waals surface area contributed by atoms with Crippen LogP contribution in [0.4, 0.5) is 0 Å². The van der Waals surface area contributed by atoms with E-state index in [-0.39, 0.29) is 24.0 Å². The summed E-state index contributed by atoms with van der Waals surface area (Å²) in [5.41, 5.74) is 7.50. The minimum atomic E-state index is -3.26. The molecule has 0 bridgehead atoms. The Morgan fingerprint density at radius 2 is 1.64 bits per heavy atom. The quantitative estimate of drug-likeness (QED) is 0.628. The lowest BCUT2D eigenvalue weighted by Gasteiger charge is -2.23. The maximum atomic E-state index is 11.9. The summed E-state index contributed by atoms with van der Waals surface area (Å²) in [4.78, 5) is 10.7. The van der Waals surface area contributed by atoms with E-state index in [1.165, 1.54) is 5.56 Å². The number of hydrogen-bond acceptors (Lipinski definition) is 4. The molecular weight excluding hydrogens is 336 g/mol. The Bertz CT molecular complexity index is 639. The number of primary amides is 1. The van der Waals surface area contributed by atoms with Crippen molar-refractivity contribution in [1.29, 1.82) is 0 Å². The van der Waals surface area contributed by atoms with Crippen LogP contribution in [0.3, 0.4) is 0 Å². The lowest BCUT2D eigenvalue weighted by molar-refractivity contribution is -0.117. The fourth-order valence-corrected chi connectivity index (χ4v) is 3.88. The molecule has 5 nitrogen and oxygen atoms in total. The lowest BCUT2D eigenvalue weighted by atomic mass is 9.92. The zero-order valence-electron chi connectivity index (χ0n) is 15.8. The van der Waals surface area contributed by atoms with Crippen LogP contribution >= 0.6 is 0 Å². The van der Waals surface area contributed by atoms with Gasteiger partial charge in [0.15, 0.2) is 9.84 Å². The highest BCUT2D eigenvalue weighted by Crippen LogP contribution is 2.25. The molecule has 142 valence electrons. The minimum Gasteiger partial charge on any atom is -0.370 e. The fraction of sp³-hybridized carbons (Fsp3) is 0.632. The Morgan fingerprint density at radius 1 is 1.08 bits per heavy atom. The molecule has 0 saturated heterocycles. The Hall–Kier alpha value is -1.40. The Morgan fingerprint density at radius 3 is 2.12 bits per heavy atom. The van der Waals surface area contributed by atoms with E-state index in [4.69, 9.17) is 5.73 Å². The van der Waals surface area contributed by atoms with E-state index in [0.29, 0.717) is 18.4 Å². The van der Waals surface area contributed by atoms with Crippen molar-refractivity contribution in [2.75, 3.05) is 18.1 Å². The molecule has 0 heterocycles. The van der Waals surface area contributed by atoms with E-state index in [2.05, 4.69) is 57.3 Å². The SMILES string of the molecule is CC[C@H](C)c1ccc([C@@H](NCCS(=O)(=O)CCC(N)=O)C(C)C)cc1. The zero-order chi connectivity index (χ0) is 19.0. The van der Waals surface area contributed by atoms with Crippen molar-refractivity contribution < 1.29 is 13.2 Å². The minimum absolute atomic E-state index is 0.00839. The molecule has 2 atom stereocenters. The van der Waals surface area contributed by atoms with Crippen LogP contribution in [0.2, 0.25) is 0 Å². The van der Waals surface area contributed by atoms with Crippen LogP contribution in [0.5, 0.6) is 0 Å². The van der Waals surface area contributed by atoms with Gasteiger partial charge in [-0.2, -0.15) is 0 Å². The first-order valence-corrected chi connectivity index (χ1v) is 10.8. The first-order chi connectivity index (χ1) is 11.7. The summed E-state index contributed by atoms with van der Waals surface area (Å²) in [6, 6.07) is 8.66. The van der Waals surface area contributed by atoms with E-state index in [1.54, 1.807) is 0 Å². The molecule has 1 aromatic carbocycles. The van der Waals surface area contributed by atoms with E-state index in [0.717, 1.165) is 12.0 Å². The summed E-state index contributed by atoms with van der Waals surface area (Å²) >= 11 is 0. The van der Waals surface area contributed by atoms with E-state index in [1.807, 2.05) is 0 Å². The number of nitrogens with two attached hydrogens (primary N) is 1. The molecule has 0 aliphatic carbocycles. The zero-order valence-corrected chi connectivity index (χ0v) is 16.6. The van der Waals surface area contributed by atoms with Crippen LogP contribution in [0.1, 0.15) is 63.6 Å². The molecule has 0 unspecified atom stereocenters. The Balaban J connectivity index is 2.67. The largest absolute Gasteiger partial charge is 0.370 e. The summed E-state index contributed by atoms with van der Waals surface area (Å²) in [6.45, 7) is 8.97. The summed E-state index contributed by atoms with van der Waals surface area (Å²) < 4.78 is 23.9. The molecule has 25 heavy (non-hydrogen) atoms. The number of amides is 1. The van der Waals surface area contributed by atoms with Crippen molar-refractivity contribution in [1.82, 2.24) is 5.32 Å². The third-order valence-electron chi connectivity index (χ3n) is 4.58.